The van der Waals surface area contributed by atoms with Gasteiger partial charge in [0.2, 0.25) is 10.0 Å². The molecule has 0 aliphatic carbocycles. The van der Waals surface area contributed by atoms with Crippen molar-refractivity contribution >= 4 is 10.0 Å². The zero-order valence-electron chi connectivity index (χ0n) is 10.7. The Morgan fingerprint density at radius 1 is 1.33 bits per heavy atom. The summed E-state index contributed by atoms with van der Waals surface area (Å²) in [6.07, 6.45) is 2.83. The lowest BCUT2D eigenvalue weighted by atomic mass is 10.1. The van der Waals surface area contributed by atoms with E-state index in [1.807, 2.05) is 6.07 Å². The molecule has 0 spiro atoms. The van der Waals surface area contributed by atoms with Crippen LogP contribution in [0.1, 0.15) is 37.3 Å². The summed E-state index contributed by atoms with van der Waals surface area (Å²) in [5.41, 5.74) is 0.898. The molecule has 1 aromatic rings. The lowest BCUT2D eigenvalue weighted by Gasteiger charge is -2.09. The van der Waals surface area contributed by atoms with Gasteiger partial charge in [-0.25, -0.2) is 13.1 Å². The minimum atomic E-state index is -3.58. The molecule has 0 unspecified atom stereocenters. The first-order valence-corrected chi connectivity index (χ1v) is 7.50. The number of unbranched alkanes of at least 4 members (excludes halogenated alkanes) is 2. The normalized spacial score (nSPS) is 11.2. The molecule has 0 saturated carbocycles. The molecule has 0 saturated heterocycles. The zero-order valence-corrected chi connectivity index (χ0v) is 11.5. The van der Waals surface area contributed by atoms with E-state index >= 15 is 0 Å². The van der Waals surface area contributed by atoms with E-state index in [1.165, 1.54) is 6.07 Å². The van der Waals surface area contributed by atoms with Crippen molar-refractivity contribution in [3.05, 3.63) is 29.3 Å². The first-order chi connectivity index (χ1) is 8.53. The van der Waals surface area contributed by atoms with Crippen molar-refractivity contribution < 1.29 is 8.42 Å². The van der Waals surface area contributed by atoms with Crippen LogP contribution in [0, 0.1) is 18.3 Å². The third-order valence-electron chi connectivity index (χ3n) is 2.71. The van der Waals surface area contributed by atoms with E-state index in [2.05, 4.69) is 11.6 Å². The molecule has 0 amide bonds. The molecule has 18 heavy (non-hydrogen) atoms. The molecular weight excluding hydrogens is 248 g/mol. The van der Waals surface area contributed by atoms with Crippen LogP contribution in [0.4, 0.5) is 0 Å². The fraction of sp³-hybridized carbons (Fsp3) is 0.462. The topological polar surface area (TPSA) is 70.0 Å². The van der Waals surface area contributed by atoms with E-state index in [9.17, 15) is 8.42 Å². The molecule has 1 N–H and O–H groups in total. The number of nitrogens with zero attached hydrogens (tertiary/aromatic N) is 1. The molecule has 4 nitrogen and oxygen atoms in total. The maximum Gasteiger partial charge on any atom is 0.241 e. The van der Waals surface area contributed by atoms with Gasteiger partial charge in [-0.2, -0.15) is 5.26 Å². The van der Waals surface area contributed by atoms with Crippen molar-refractivity contribution in [2.45, 2.75) is 38.0 Å². The second-order valence-electron chi connectivity index (χ2n) is 4.16. The Bertz CT molecular complexity index is 545. The van der Waals surface area contributed by atoms with E-state index in [4.69, 9.17) is 5.26 Å². The number of nitrogens with one attached hydrogen (secondary N) is 1. The SMILES string of the molecule is CCCCCNS(=O)(=O)c1cccc(C)c1C#N. The number of sulfonamides is 1. The second kappa shape index (κ2) is 6.53. The fourth-order valence-corrected chi connectivity index (χ4v) is 2.97. The lowest BCUT2D eigenvalue weighted by Crippen LogP contribution is -2.25. The van der Waals surface area contributed by atoms with Gasteiger partial charge in [0.05, 0.1) is 10.5 Å². The highest BCUT2D eigenvalue weighted by Crippen LogP contribution is 2.18. The van der Waals surface area contributed by atoms with Gasteiger partial charge < -0.3 is 0 Å². The Morgan fingerprint density at radius 2 is 2.06 bits per heavy atom. The van der Waals surface area contributed by atoms with Gasteiger partial charge in [0, 0.05) is 6.54 Å². The number of hydrogen-bond acceptors (Lipinski definition) is 3. The number of rotatable bonds is 6. The van der Waals surface area contributed by atoms with E-state index in [0.29, 0.717) is 12.1 Å². The van der Waals surface area contributed by atoms with Crippen LogP contribution in [0.25, 0.3) is 0 Å². The highest BCUT2D eigenvalue weighted by Gasteiger charge is 2.18. The largest absolute Gasteiger partial charge is 0.241 e. The van der Waals surface area contributed by atoms with Gasteiger partial charge in [0.15, 0.2) is 0 Å². The molecule has 0 aromatic heterocycles. The lowest BCUT2D eigenvalue weighted by molar-refractivity contribution is 0.575. The molecule has 5 heteroatoms. The molecule has 0 heterocycles. The van der Waals surface area contributed by atoms with E-state index in [0.717, 1.165) is 19.3 Å². The Hall–Kier alpha value is -1.38. The molecule has 0 aliphatic heterocycles. The number of hydrogen-bond donors (Lipinski definition) is 1. The Labute approximate surface area is 109 Å². The Morgan fingerprint density at radius 3 is 2.67 bits per heavy atom. The summed E-state index contributed by atoms with van der Waals surface area (Å²) in [5.74, 6) is 0. The maximum atomic E-state index is 12.1. The fourth-order valence-electron chi connectivity index (χ4n) is 1.67. The predicted molar refractivity (Wildman–Crippen MR) is 70.6 cm³/mol. The van der Waals surface area contributed by atoms with Crippen molar-refractivity contribution in [1.29, 1.82) is 5.26 Å². The van der Waals surface area contributed by atoms with Crippen LogP contribution in [0.5, 0.6) is 0 Å². The third-order valence-corrected chi connectivity index (χ3v) is 4.21. The quantitative estimate of drug-likeness (QED) is 0.803. The summed E-state index contributed by atoms with van der Waals surface area (Å²) < 4.78 is 26.7. The second-order valence-corrected chi connectivity index (χ2v) is 5.90. The molecular formula is C13H18N2O2S. The van der Waals surface area contributed by atoms with Crippen molar-refractivity contribution in [3.8, 4) is 6.07 Å². The summed E-state index contributed by atoms with van der Waals surface area (Å²) in [4.78, 5) is 0.0708. The van der Waals surface area contributed by atoms with E-state index in [-0.39, 0.29) is 10.5 Å². The molecule has 1 rings (SSSR count). The predicted octanol–water partition coefficient (Wildman–Crippen LogP) is 2.34. The Kier molecular flexibility index (Phi) is 5.32. The van der Waals surface area contributed by atoms with Crippen molar-refractivity contribution in [1.82, 2.24) is 4.72 Å². The smallest absolute Gasteiger partial charge is 0.211 e. The van der Waals surface area contributed by atoms with Gasteiger partial charge in [0.1, 0.15) is 6.07 Å². The van der Waals surface area contributed by atoms with Crippen LogP contribution in [-0.4, -0.2) is 15.0 Å². The molecule has 0 fully saturated rings. The molecule has 0 radical (unpaired) electrons. The third kappa shape index (κ3) is 3.56. The van der Waals surface area contributed by atoms with E-state index < -0.39 is 10.0 Å². The van der Waals surface area contributed by atoms with Gasteiger partial charge in [-0.1, -0.05) is 31.9 Å². The molecule has 1 aromatic carbocycles. The van der Waals surface area contributed by atoms with Crippen molar-refractivity contribution in [3.63, 3.8) is 0 Å². The molecule has 98 valence electrons. The number of aryl methyl sites for hydroxylation is 1. The average molecular weight is 266 g/mol. The standard InChI is InChI=1S/C13H18N2O2S/c1-3-4-5-9-15-18(16,17)13-8-6-7-11(2)12(13)10-14/h6-8,15H,3-5,9H2,1-2H3. The summed E-state index contributed by atoms with van der Waals surface area (Å²) in [6.45, 7) is 4.20. The van der Waals surface area contributed by atoms with Crippen LogP contribution in [-0.2, 0) is 10.0 Å². The van der Waals surface area contributed by atoms with Crippen molar-refractivity contribution in [2.24, 2.45) is 0 Å². The van der Waals surface area contributed by atoms with Crippen LogP contribution in [0.3, 0.4) is 0 Å². The summed E-state index contributed by atoms with van der Waals surface area (Å²) in [6, 6.07) is 6.80. The van der Waals surface area contributed by atoms with Gasteiger partial charge in [-0.15, -0.1) is 0 Å². The maximum absolute atomic E-state index is 12.1. The summed E-state index contributed by atoms with van der Waals surface area (Å²) >= 11 is 0. The first-order valence-electron chi connectivity index (χ1n) is 6.02. The molecule has 0 aliphatic rings. The van der Waals surface area contributed by atoms with Crippen LogP contribution in [0.15, 0.2) is 23.1 Å². The zero-order chi connectivity index (χ0) is 13.6. The highest BCUT2D eigenvalue weighted by molar-refractivity contribution is 7.89. The van der Waals surface area contributed by atoms with Crippen molar-refractivity contribution in [2.75, 3.05) is 6.54 Å². The van der Waals surface area contributed by atoms with Gasteiger partial charge in [-0.3, -0.25) is 0 Å². The van der Waals surface area contributed by atoms with E-state index in [1.54, 1.807) is 19.1 Å². The first kappa shape index (κ1) is 14.7. The monoisotopic (exact) mass is 266 g/mol. The van der Waals surface area contributed by atoms with Crippen LogP contribution < -0.4 is 4.72 Å². The average Bonchev–Trinajstić information content (AvgIpc) is 2.34. The highest BCUT2D eigenvalue weighted by atomic mass is 32.2. The molecule has 0 atom stereocenters. The van der Waals surface area contributed by atoms with Gasteiger partial charge >= 0.3 is 0 Å². The van der Waals surface area contributed by atoms with Gasteiger partial charge in [-0.05, 0) is 25.0 Å². The number of benzene rings is 1. The Balaban J connectivity index is 2.93. The summed E-state index contributed by atoms with van der Waals surface area (Å²) in [5, 5.41) is 9.03. The van der Waals surface area contributed by atoms with Crippen LogP contribution in [0.2, 0.25) is 0 Å². The number of nitriles is 1. The molecule has 0 bridgehead atoms. The van der Waals surface area contributed by atoms with Crippen LogP contribution >= 0.6 is 0 Å². The minimum absolute atomic E-state index is 0.0708. The minimum Gasteiger partial charge on any atom is -0.211 e. The van der Waals surface area contributed by atoms with Gasteiger partial charge in [0.25, 0.3) is 0 Å². The summed E-state index contributed by atoms with van der Waals surface area (Å²) in [7, 11) is -3.58.